The lowest BCUT2D eigenvalue weighted by atomic mass is 10.1. The number of ether oxygens (including phenoxy) is 2. The highest BCUT2D eigenvalue weighted by Crippen LogP contribution is 2.21. The molecule has 0 radical (unpaired) electrons. The van der Waals surface area contributed by atoms with Gasteiger partial charge in [0.25, 0.3) is 5.56 Å². The third-order valence-corrected chi connectivity index (χ3v) is 4.32. The van der Waals surface area contributed by atoms with Gasteiger partial charge >= 0.3 is 5.97 Å². The van der Waals surface area contributed by atoms with Crippen molar-refractivity contribution in [3.63, 3.8) is 0 Å². The van der Waals surface area contributed by atoms with Crippen molar-refractivity contribution in [3.8, 4) is 17.2 Å². The maximum Gasteiger partial charge on any atom is 0.345 e. The van der Waals surface area contributed by atoms with E-state index in [1.807, 2.05) is 0 Å². The zero-order valence-corrected chi connectivity index (χ0v) is 15.0. The van der Waals surface area contributed by atoms with Crippen LogP contribution >= 0.6 is 0 Å². The molecule has 0 aliphatic carbocycles. The van der Waals surface area contributed by atoms with E-state index in [1.165, 1.54) is 17.0 Å². The lowest BCUT2D eigenvalue weighted by Gasteiger charge is -2.13. The first kappa shape index (κ1) is 17.5. The fourth-order valence-electron chi connectivity index (χ4n) is 2.98. The highest BCUT2D eigenvalue weighted by molar-refractivity contribution is 6.04. The predicted molar refractivity (Wildman–Crippen MR) is 105 cm³/mol. The maximum absolute atomic E-state index is 13.0. The Hall–Kier alpha value is -3.93. The summed E-state index contributed by atoms with van der Waals surface area (Å²) in [6.07, 6.45) is 4.55. The van der Waals surface area contributed by atoms with Gasteiger partial charge in [0, 0.05) is 29.2 Å². The Morgan fingerprint density at radius 1 is 0.964 bits per heavy atom. The van der Waals surface area contributed by atoms with Crippen molar-refractivity contribution in [2.24, 2.45) is 0 Å². The second-order valence-electron chi connectivity index (χ2n) is 6.04. The van der Waals surface area contributed by atoms with Crippen LogP contribution in [0.5, 0.6) is 11.5 Å². The van der Waals surface area contributed by atoms with E-state index in [-0.39, 0.29) is 11.1 Å². The van der Waals surface area contributed by atoms with Gasteiger partial charge in [0.1, 0.15) is 11.5 Å². The van der Waals surface area contributed by atoms with E-state index in [1.54, 1.807) is 74.0 Å². The normalized spacial score (nSPS) is 10.6. The second-order valence-corrected chi connectivity index (χ2v) is 6.04. The Bertz CT molecular complexity index is 1220. The smallest absolute Gasteiger partial charge is 0.345 e. The molecule has 0 unspecified atom stereocenters. The molecule has 0 saturated carbocycles. The molecule has 138 valence electrons. The molecule has 6 nitrogen and oxygen atoms in total. The average Bonchev–Trinajstić information content (AvgIpc) is 2.75. The molecule has 0 saturated heterocycles. The van der Waals surface area contributed by atoms with Gasteiger partial charge in [0.15, 0.2) is 0 Å². The molecule has 4 rings (SSSR count). The number of hydrogen-bond acceptors (Lipinski definition) is 5. The van der Waals surface area contributed by atoms with Crippen molar-refractivity contribution in [3.05, 3.63) is 95.2 Å². The molecule has 0 N–H and O–H groups in total. The number of carbonyl (C=O) groups is 1. The summed E-state index contributed by atoms with van der Waals surface area (Å²) in [7, 11) is 1.55. The third-order valence-electron chi connectivity index (χ3n) is 4.32. The summed E-state index contributed by atoms with van der Waals surface area (Å²) in [4.78, 5) is 29.8. The van der Waals surface area contributed by atoms with Crippen LogP contribution in [0.2, 0.25) is 0 Å². The van der Waals surface area contributed by atoms with Crippen molar-refractivity contribution >= 4 is 16.7 Å². The van der Waals surface area contributed by atoms with Crippen LogP contribution in [-0.4, -0.2) is 22.6 Å². The first-order valence-electron chi connectivity index (χ1n) is 8.58. The minimum absolute atomic E-state index is 0.234. The zero-order chi connectivity index (χ0) is 19.5. The second kappa shape index (κ2) is 7.36. The van der Waals surface area contributed by atoms with Crippen molar-refractivity contribution < 1.29 is 14.3 Å². The summed E-state index contributed by atoms with van der Waals surface area (Å²) in [6, 6.07) is 17.3. The molecule has 28 heavy (non-hydrogen) atoms. The van der Waals surface area contributed by atoms with E-state index in [0.717, 1.165) is 0 Å². The molecule has 2 aromatic heterocycles. The maximum atomic E-state index is 13.0. The van der Waals surface area contributed by atoms with Crippen molar-refractivity contribution in [1.29, 1.82) is 0 Å². The van der Waals surface area contributed by atoms with Gasteiger partial charge in [-0.05, 0) is 30.3 Å². The quantitative estimate of drug-likeness (QED) is 0.512. The largest absolute Gasteiger partial charge is 0.497 e. The van der Waals surface area contributed by atoms with Gasteiger partial charge < -0.3 is 9.47 Å². The molecule has 0 fully saturated rings. The monoisotopic (exact) mass is 372 g/mol. The summed E-state index contributed by atoms with van der Waals surface area (Å²) in [5.41, 5.74) is 0.634. The van der Waals surface area contributed by atoms with Gasteiger partial charge in [-0.15, -0.1) is 0 Å². The molecule has 0 aliphatic heterocycles. The summed E-state index contributed by atoms with van der Waals surface area (Å²) < 4.78 is 12.1. The van der Waals surface area contributed by atoms with Gasteiger partial charge in [0.05, 0.1) is 24.6 Å². The minimum Gasteiger partial charge on any atom is -0.497 e. The minimum atomic E-state index is -0.569. The number of pyridine rings is 2. The summed E-state index contributed by atoms with van der Waals surface area (Å²) in [6.45, 7) is 0. The average molecular weight is 372 g/mol. The van der Waals surface area contributed by atoms with E-state index in [4.69, 9.17) is 9.47 Å². The van der Waals surface area contributed by atoms with Crippen LogP contribution in [0.4, 0.5) is 0 Å². The van der Waals surface area contributed by atoms with Gasteiger partial charge in [-0.3, -0.25) is 14.3 Å². The van der Waals surface area contributed by atoms with E-state index in [2.05, 4.69) is 4.98 Å². The number of benzene rings is 2. The molecule has 2 aromatic carbocycles. The number of rotatable bonds is 4. The van der Waals surface area contributed by atoms with Crippen molar-refractivity contribution in [2.45, 2.75) is 0 Å². The number of methoxy groups -OCH3 is 1. The van der Waals surface area contributed by atoms with Gasteiger partial charge in [-0.1, -0.05) is 24.3 Å². The molecule has 6 heteroatoms. The van der Waals surface area contributed by atoms with Crippen LogP contribution < -0.4 is 15.0 Å². The molecule has 0 bridgehead atoms. The van der Waals surface area contributed by atoms with Crippen LogP contribution in [0.25, 0.3) is 16.5 Å². The number of aromatic nitrogens is 2. The zero-order valence-electron chi connectivity index (χ0n) is 15.0. The molecule has 0 spiro atoms. The van der Waals surface area contributed by atoms with Crippen LogP contribution in [0, 0.1) is 0 Å². The molecule has 2 heterocycles. The Balaban J connectivity index is 1.89. The van der Waals surface area contributed by atoms with Gasteiger partial charge in [0.2, 0.25) is 0 Å². The number of hydrogen-bond donors (Lipinski definition) is 0. The molecule has 4 aromatic rings. The number of esters is 1. The van der Waals surface area contributed by atoms with E-state index < -0.39 is 5.97 Å². The van der Waals surface area contributed by atoms with Crippen LogP contribution in [0.15, 0.2) is 84.0 Å². The molecular formula is C22H16N2O4. The van der Waals surface area contributed by atoms with Gasteiger partial charge in [-0.25, -0.2) is 4.79 Å². The Morgan fingerprint density at radius 3 is 2.50 bits per heavy atom. The summed E-state index contributed by atoms with van der Waals surface area (Å²) in [5.74, 6) is 0.369. The van der Waals surface area contributed by atoms with Crippen LogP contribution in [0.3, 0.4) is 0 Å². The highest BCUT2D eigenvalue weighted by Gasteiger charge is 2.17. The fraction of sp³-hybridized carbons (Fsp3) is 0.0455. The predicted octanol–water partition coefficient (Wildman–Crippen LogP) is 3.61. The van der Waals surface area contributed by atoms with E-state index in [0.29, 0.717) is 28.0 Å². The molecule has 0 amide bonds. The lowest BCUT2D eigenvalue weighted by molar-refractivity contribution is 0.0735. The van der Waals surface area contributed by atoms with Crippen LogP contribution in [-0.2, 0) is 0 Å². The first-order valence-corrected chi connectivity index (χ1v) is 8.58. The number of nitrogens with zero attached hydrogens (tertiary/aromatic N) is 2. The summed E-state index contributed by atoms with van der Waals surface area (Å²) >= 11 is 0. The van der Waals surface area contributed by atoms with Crippen molar-refractivity contribution in [1.82, 2.24) is 9.55 Å². The number of fused-ring (bicyclic) bond motifs is 1. The first-order chi connectivity index (χ1) is 13.7. The molecule has 0 atom stereocenters. The molecule has 0 aliphatic rings. The Morgan fingerprint density at radius 2 is 1.75 bits per heavy atom. The SMILES string of the molecule is COc1cccc(-n2cc(C(=O)Oc3cccnc3)c3ccccc3c2=O)c1. The topological polar surface area (TPSA) is 70.4 Å². The molecular weight excluding hydrogens is 356 g/mol. The summed E-state index contributed by atoms with van der Waals surface area (Å²) in [5, 5.41) is 0.950. The lowest BCUT2D eigenvalue weighted by Crippen LogP contribution is -2.22. The third kappa shape index (κ3) is 3.23. The van der Waals surface area contributed by atoms with E-state index >= 15 is 0 Å². The van der Waals surface area contributed by atoms with Crippen molar-refractivity contribution in [2.75, 3.05) is 7.11 Å². The van der Waals surface area contributed by atoms with E-state index in [9.17, 15) is 9.59 Å². The van der Waals surface area contributed by atoms with Crippen LogP contribution in [0.1, 0.15) is 10.4 Å². The number of carbonyl (C=O) groups excluding carboxylic acids is 1. The van der Waals surface area contributed by atoms with Gasteiger partial charge in [-0.2, -0.15) is 0 Å². The fourth-order valence-corrected chi connectivity index (χ4v) is 2.98. The highest BCUT2D eigenvalue weighted by atomic mass is 16.5. The Labute approximate surface area is 160 Å². The Kier molecular flexibility index (Phi) is 4.60. The standard InChI is InChI=1S/C22H16N2O4/c1-27-16-7-4-6-15(12-16)24-14-20(18-9-2-3-10-19(18)21(24)25)22(26)28-17-8-5-11-23-13-17/h2-14H,1H3.